The van der Waals surface area contributed by atoms with E-state index >= 15 is 0 Å². The topological polar surface area (TPSA) is 33.5 Å². The van der Waals surface area contributed by atoms with E-state index in [9.17, 15) is 0 Å². The molecule has 2 aromatic heterocycles. The van der Waals surface area contributed by atoms with Crippen LogP contribution in [-0.2, 0) is 21.7 Å². The maximum atomic E-state index is 7.01. The molecular weight excluding hydrogens is 949 g/mol. The molecule has 9 aromatic carbocycles. The molecule has 0 fully saturated rings. The van der Waals surface area contributed by atoms with Crippen LogP contribution in [0.2, 0.25) is 0 Å². The first-order valence-electron chi connectivity index (χ1n) is 27.5. The molecule has 3 heterocycles. The Labute approximate surface area is 461 Å². The largest absolute Gasteiger partial charge is 0.457 e. The standard InChI is InChI=1S/C73H68N4O/c1-70(2,3)55-40-41-74-69(44-55)77-65-39-36-51(50-24-14-10-15-25-50)42-62(65)61-38-37-60(46-66(61)77)78-59-35-23-34-58(45-59)76-49-75(57-33-22-32-56(43-57)71(4,5)52-26-16-11-17-27-52)67-47-63(72(6,7)53-28-18-12-19-29-53)64(48-68(67)76)73(8,9)54-30-20-13-21-31-54/h10-48H,49H2,1-9H3. The van der Waals surface area contributed by atoms with E-state index in [4.69, 9.17) is 9.72 Å². The Morgan fingerprint density at radius 1 is 0.372 bits per heavy atom. The second-order valence-corrected chi connectivity index (χ2v) is 23.8. The van der Waals surface area contributed by atoms with E-state index in [1.165, 1.54) is 61.1 Å². The van der Waals surface area contributed by atoms with Crippen LogP contribution in [0.1, 0.15) is 101 Å². The number of fused-ring (bicyclic) bond motifs is 4. The lowest BCUT2D eigenvalue weighted by atomic mass is 9.68. The molecule has 0 unspecified atom stereocenters. The minimum absolute atomic E-state index is 0.0485. The van der Waals surface area contributed by atoms with Gasteiger partial charge in [-0.15, -0.1) is 0 Å². The molecule has 1 aliphatic heterocycles. The van der Waals surface area contributed by atoms with Crippen molar-refractivity contribution >= 4 is 44.6 Å². The Balaban J connectivity index is 0.992. The molecule has 0 bridgehead atoms. The van der Waals surface area contributed by atoms with Crippen LogP contribution in [0.4, 0.5) is 22.7 Å². The summed E-state index contributed by atoms with van der Waals surface area (Å²) in [4.78, 5) is 9.99. The van der Waals surface area contributed by atoms with Gasteiger partial charge in [0.05, 0.1) is 22.4 Å². The van der Waals surface area contributed by atoms with Gasteiger partial charge in [0.1, 0.15) is 24.0 Å². The number of ether oxygens (including phenoxy) is 1. The quantitative estimate of drug-likeness (QED) is 0.122. The molecule has 5 heteroatoms. The highest BCUT2D eigenvalue weighted by atomic mass is 16.5. The fraction of sp³-hybridized carbons (Fsp3) is 0.192. The normalized spacial score (nSPS) is 13.1. The van der Waals surface area contributed by atoms with Gasteiger partial charge in [-0.1, -0.05) is 208 Å². The number of benzene rings is 9. The number of nitrogens with zero attached hydrogens (tertiary/aromatic N) is 4. The van der Waals surface area contributed by atoms with Crippen molar-refractivity contribution in [3.8, 4) is 28.4 Å². The molecule has 0 amide bonds. The van der Waals surface area contributed by atoms with E-state index in [1.807, 2.05) is 6.20 Å². The first kappa shape index (κ1) is 50.2. The molecule has 0 N–H and O–H groups in total. The second-order valence-electron chi connectivity index (χ2n) is 23.8. The van der Waals surface area contributed by atoms with Crippen molar-refractivity contribution in [3.63, 3.8) is 0 Å². The molecule has 0 saturated heterocycles. The Hall–Kier alpha value is -8.67. The predicted molar refractivity (Wildman–Crippen MR) is 327 cm³/mol. The lowest BCUT2D eigenvalue weighted by molar-refractivity contribution is 0.483. The van der Waals surface area contributed by atoms with Crippen molar-refractivity contribution in [3.05, 3.63) is 276 Å². The lowest BCUT2D eigenvalue weighted by Crippen LogP contribution is -2.28. The molecule has 386 valence electrons. The van der Waals surface area contributed by atoms with Crippen LogP contribution in [0.15, 0.2) is 237 Å². The number of anilines is 4. The molecule has 12 rings (SSSR count). The van der Waals surface area contributed by atoms with Gasteiger partial charge in [0.25, 0.3) is 0 Å². The number of pyridine rings is 1. The van der Waals surface area contributed by atoms with Crippen molar-refractivity contribution in [2.45, 2.75) is 84.0 Å². The van der Waals surface area contributed by atoms with E-state index in [0.29, 0.717) is 6.67 Å². The van der Waals surface area contributed by atoms with Gasteiger partial charge in [0.15, 0.2) is 0 Å². The van der Waals surface area contributed by atoms with Crippen molar-refractivity contribution in [2.75, 3.05) is 16.5 Å². The Morgan fingerprint density at radius 2 is 0.897 bits per heavy atom. The summed E-state index contributed by atoms with van der Waals surface area (Å²) in [6.45, 7) is 21.5. The fourth-order valence-electron chi connectivity index (χ4n) is 11.9. The summed E-state index contributed by atoms with van der Waals surface area (Å²) in [7, 11) is 0. The zero-order valence-corrected chi connectivity index (χ0v) is 46.4. The summed E-state index contributed by atoms with van der Waals surface area (Å²) in [5.41, 5.74) is 17.0. The van der Waals surface area contributed by atoms with Gasteiger partial charge < -0.3 is 14.5 Å². The third kappa shape index (κ3) is 9.01. The van der Waals surface area contributed by atoms with Crippen LogP contribution in [-0.4, -0.2) is 16.2 Å². The maximum absolute atomic E-state index is 7.01. The van der Waals surface area contributed by atoms with Gasteiger partial charge in [-0.3, -0.25) is 4.57 Å². The van der Waals surface area contributed by atoms with Crippen LogP contribution in [0.3, 0.4) is 0 Å². The fourth-order valence-corrected chi connectivity index (χ4v) is 11.9. The third-order valence-electron chi connectivity index (χ3n) is 16.7. The van der Waals surface area contributed by atoms with Gasteiger partial charge in [-0.05, 0) is 128 Å². The monoisotopic (exact) mass is 1020 g/mol. The minimum Gasteiger partial charge on any atom is -0.457 e. The highest BCUT2D eigenvalue weighted by Crippen LogP contribution is 2.52. The SMILES string of the molecule is CC(C)(C)c1ccnc(-n2c3ccc(-c4ccccc4)cc3c3ccc(Oc4cccc(N5CN(c6cccc(C(C)(C)c7ccccc7)c6)c6cc(C(C)(C)c7ccccc7)c(C(C)(C)c7ccccc7)cc65)c4)cc32)c1. The third-order valence-corrected chi connectivity index (χ3v) is 16.7. The predicted octanol–water partition coefficient (Wildman–Crippen LogP) is 19.2. The summed E-state index contributed by atoms with van der Waals surface area (Å²) in [6, 6.07) is 83.9. The van der Waals surface area contributed by atoms with E-state index in [1.54, 1.807) is 0 Å². The van der Waals surface area contributed by atoms with Gasteiger partial charge in [-0.2, -0.15) is 0 Å². The first-order valence-corrected chi connectivity index (χ1v) is 27.5. The van der Waals surface area contributed by atoms with Crippen LogP contribution in [0, 0.1) is 0 Å². The molecule has 78 heavy (non-hydrogen) atoms. The van der Waals surface area contributed by atoms with E-state index < -0.39 is 0 Å². The summed E-state index contributed by atoms with van der Waals surface area (Å²) in [5, 5.41) is 2.31. The number of hydrogen-bond acceptors (Lipinski definition) is 4. The molecule has 0 aliphatic carbocycles. The number of rotatable bonds is 12. The van der Waals surface area contributed by atoms with Crippen molar-refractivity contribution in [2.24, 2.45) is 0 Å². The zero-order valence-electron chi connectivity index (χ0n) is 46.4. The smallest absolute Gasteiger partial charge is 0.137 e. The Bertz CT molecular complexity index is 3980. The van der Waals surface area contributed by atoms with Crippen molar-refractivity contribution < 1.29 is 4.74 Å². The van der Waals surface area contributed by atoms with E-state index in [-0.39, 0.29) is 21.7 Å². The van der Waals surface area contributed by atoms with Crippen molar-refractivity contribution in [1.29, 1.82) is 0 Å². The molecule has 1 aliphatic rings. The van der Waals surface area contributed by atoms with Gasteiger partial charge in [-0.25, -0.2) is 4.98 Å². The zero-order chi connectivity index (χ0) is 54.0. The summed E-state index contributed by atoms with van der Waals surface area (Å²) in [5.74, 6) is 2.39. The van der Waals surface area contributed by atoms with Crippen LogP contribution in [0.25, 0.3) is 38.8 Å². The average molecular weight is 1020 g/mol. The van der Waals surface area contributed by atoms with Crippen molar-refractivity contribution in [1.82, 2.24) is 9.55 Å². The average Bonchev–Trinajstić information content (AvgIpc) is 4.24. The Morgan fingerprint density at radius 3 is 1.49 bits per heavy atom. The highest BCUT2D eigenvalue weighted by Gasteiger charge is 2.39. The van der Waals surface area contributed by atoms with Crippen LogP contribution in [0.5, 0.6) is 11.5 Å². The minimum atomic E-state index is -0.338. The number of aromatic nitrogens is 2. The van der Waals surface area contributed by atoms with E-state index in [2.05, 4.69) is 307 Å². The van der Waals surface area contributed by atoms with Gasteiger partial charge in [0, 0.05) is 56.7 Å². The molecule has 0 saturated carbocycles. The number of hydrogen-bond donors (Lipinski definition) is 0. The molecule has 0 spiro atoms. The van der Waals surface area contributed by atoms with Gasteiger partial charge in [0.2, 0.25) is 0 Å². The Kier molecular flexibility index (Phi) is 12.5. The maximum Gasteiger partial charge on any atom is 0.137 e. The summed E-state index contributed by atoms with van der Waals surface area (Å²) in [6.07, 6.45) is 1.94. The van der Waals surface area contributed by atoms with Gasteiger partial charge >= 0.3 is 0 Å². The highest BCUT2D eigenvalue weighted by molar-refractivity contribution is 6.10. The molecule has 5 nitrogen and oxygen atoms in total. The first-order chi connectivity index (χ1) is 37.6. The molecular formula is C73H68N4O. The van der Waals surface area contributed by atoms with Crippen LogP contribution >= 0.6 is 0 Å². The van der Waals surface area contributed by atoms with Crippen LogP contribution < -0.4 is 14.5 Å². The summed E-state index contributed by atoms with van der Waals surface area (Å²) >= 11 is 0. The lowest BCUT2D eigenvalue weighted by Gasteiger charge is -2.36. The molecule has 0 radical (unpaired) electrons. The second kappa shape index (κ2) is 19.4. The summed E-state index contributed by atoms with van der Waals surface area (Å²) < 4.78 is 9.31. The molecule has 0 atom stereocenters. The van der Waals surface area contributed by atoms with E-state index in [0.717, 1.165) is 50.8 Å². The molecule has 11 aromatic rings.